The number of aliphatic hydroxyl groups is 1. The third-order valence-electron chi connectivity index (χ3n) is 3.59. The molecular weight excluding hydrogens is 323 g/mol. The summed E-state index contributed by atoms with van der Waals surface area (Å²) < 4.78 is 26.3. The molecule has 0 spiro atoms. The van der Waals surface area contributed by atoms with Gasteiger partial charge in [0, 0.05) is 19.3 Å². The Kier molecular flexibility index (Phi) is 4.92. The first kappa shape index (κ1) is 16.0. The van der Waals surface area contributed by atoms with Gasteiger partial charge in [-0.3, -0.25) is 0 Å². The maximum absolute atomic E-state index is 12.4. The van der Waals surface area contributed by atoms with E-state index in [0.717, 1.165) is 0 Å². The molecule has 1 aliphatic rings. The highest BCUT2D eigenvalue weighted by atomic mass is 35.5. The molecular formula is C12H16Cl2N2O3S. The van der Waals surface area contributed by atoms with Crippen molar-refractivity contribution in [3.05, 3.63) is 22.4 Å². The standard InChI is InChI=1S/C12H16Cl2N2O3S/c1-8(17)9-2-4-16(5-3-9)20(18,19)10-6-11(13)12(14)15-7-10/h6-9,17H,2-5H2,1H3. The Bertz CT molecular complexity index is 584. The fourth-order valence-electron chi connectivity index (χ4n) is 2.29. The lowest BCUT2D eigenvalue weighted by molar-refractivity contribution is 0.0912. The molecule has 20 heavy (non-hydrogen) atoms. The lowest BCUT2D eigenvalue weighted by Crippen LogP contribution is -2.40. The molecule has 1 atom stereocenters. The summed E-state index contributed by atoms with van der Waals surface area (Å²) in [6.45, 7) is 2.51. The number of pyridine rings is 1. The van der Waals surface area contributed by atoms with Crippen LogP contribution in [0.5, 0.6) is 0 Å². The summed E-state index contributed by atoms with van der Waals surface area (Å²) in [5.74, 6) is 0.147. The maximum atomic E-state index is 12.4. The van der Waals surface area contributed by atoms with Gasteiger partial charge >= 0.3 is 0 Å². The minimum atomic E-state index is -3.60. The Hall–Kier alpha value is -0.400. The molecule has 1 fully saturated rings. The van der Waals surface area contributed by atoms with Crippen LogP contribution in [0.4, 0.5) is 0 Å². The van der Waals surface area contributed by atoms with E-state index in [1.807, 2.05) is 0 Å². The zero-order valence-electron chi connectivity index (χ0n) is 11.0. The fourth-order valence-corrected chi connectivity index (χ4v) is 4.07. The Labute approximate surface area is 128 Å². The molecule has 0 radical (unpaired) electrons. The molecule has 5 nitrogen and oxygen atoms in total. The molecule has 1 aromatic heterocycles. The van der Waals surface area contributed by atoms with Crippen molar-refractivity contribution >= 4 is 33.2 Å². The van der Waals surface area contributed by atoms with E-state index in [1.165, 1.54) is 16.6 Å². The average molecular weight is 339 g/mol. The van der Waals surface area contributed by atoms with Crippen LogP contribution >= 0.6 is 23.2 Å². The van der Waals surface area contributed by atoms with Crippen molar-refractivity contribution in [2.24, 2.45) is 5.92 Å². The number of rotatable bonds is 3. The van der Waals surface area contributed by atoms with Crippen LogP contribution in [0.25, 0.3) is 0 Å². The van der Waals surface area contributed by atoms with Gasteiger partial charge in [0.05, 0.1) is 11.1 Å². The first-order chi connectivity index (χ1) is 9.32. The minimum absolute atomic E-state index is 0.0439. The highest BCUT2D eigenvalue weighted by molar-refractivity contribution is 7.89. The summed E-state index contributed by atoms with van der Waals surface area (Å²) in [5, 5.41) is 9.74. The molecule has 8 heteroatoms. The normalized spacial score (nSPS) is 20.0. The molecule has 2 rings (SSSR count). The van der Waals surface area contributed by atoms with E-state index < -0.39 is 16.1 Å². The summed E-state index contributed by atoms with van der Waals surface area (Å²) >= 11 is 11.5. The molecule has 0 amide bonds. The summed E-state index contributed by atoms with van der Waals surface area (Å²) in [6.07, 6.45) is 2.09. The number of nitrogens with zero attached hydrogens (tertiary/aromatic N) is 2. The second-order valence-corrected chi connectivity index (χ2v) is 7.63. The zero-order valence-corrected chi connectivity index (χ0v) is 13.3. The molecule has 0 aromatic carbocycles. The van der Waals surface area contributed by atoms with Crippen LogP contribution in [0.1, 0.15) is 19.8 Å². The Morgan fingerprint density at radius 2 is 2.00 bits per heavy atom. The van der Waals surface area contributed by atoms with E-state index in [-0.39, 0.29) is 21.0 Å². The van der Waals surface area contributed by atoms with Crippen molar-refractivity contribution in [2.75, 3.05) is 13.1 Å². The van der Waals surface area contributed by atoms with Crippen molar-refractivity contribution < 1.29 is 13.5 Å². The second-order valence-electron chi connectivity index (χ2n) is 4.93. The number of hydrogen-bond donors (Lipinski definition) is 1. The molecule has 1 N–H and O–H groups in total. The predicted octanol–water partition coefficient (Wildman–Crippen LogP) is 2.17. The molecule has 2 heterocycles. The van der Waals surface area contributed by atoms with Gasteiger partial charge in [-0.2, -0.15) is 4.31 Å². The number of hydrogen-bond acceptors (Lipinski definition) is 4. The lowest BCUT2D eigenvalue weighted by atomic mass is 9.93. The number of aliphatic hydroxyl groups excluding tert-OH is 1. The first-order valence-electron chi connectivity index (χ1n) is 6.31. The fraction of sp³-hybridized carbons (Fsp3) is 0.583. The van der Waals surface area contributed by atoms with Crippen molar-refractivity contribution in [3.63, 3.8) is 0 Å². The lowest BCUT2D eigenvalue weighted by Gasteiger charge is -2.32. The van der Waals surface area contributed by atoms with Gasteiger partial charge in [-0.05, 0) is 31.7 Å². The van der Waals surface area contributed by atoms with Crippen LogP contribution in [0.3, 0.4) is 0 Å². The summed E-state index contributed by atoms with van der Waals surface area (Å²) in [6, 6.07) is 1.31. The third-order valence-corrected chi connectivity index (χ3v) is 6.14. The van der Waals surface area contributed by atoms with E-state index in [2.05, 4.69) is 4.98 Å². The number of sulfonamides is 1. The van der Waals surface area contributed by atoms with E-state index in [1.54, 1.807) is 6.92 Å². The Balaban J connectivity index is 2.17. The minimum Gasteiger partial charge on any atom is -0.393 e. The molecule has 1 unspecified atom stereocenters. The molecule has 112 valence electrons. The number of piperidine rings is 1. The van der Waals surface area contributed by atoms with Gasteiger partial charge in [-0.25, -0.2) is 13.4 Å². The predicted molar refractivity (Wildman–Crippen MR) is 77.4 cm³/mol. The summed E-state index contributed by atoms with van der Waals surface area (Å²) in [5.41, 5.74) is 0. The highest BCUT2D eigenvalue weighted by Crippen LogP contribution is 2.28. The third kappa shape index (κ3) is 3.26. The molecule has 1 aliphatic heterocycles. The van der Waals surface area contributed by atoms with Crippen LogP contribution in [0.15, 0.2) is 17.2 Å². The smallest absolute Gasteiger partial charge is 0.244 e. The monoisotopic (exact) mass is 338 g/mol. The molecule has 0 aliphatic carbocycles. The van der Waals surface area contributed by atoms with Crippen LogP contribution in [0.2, 0.25) is 10.2 Å². The van der Waals surface area contributed by atoms with Crippen molar-refractivity contribution in [1.82, 2.24) is 9.29 Å². The van der Waals surface area contributed by atoms with Crippen LogP contribution in [-0.4, -0.2) is 42.0 Å². The number of aromatic nitrogens is 1. The molecule has 0 bridgehead atoms. The van der Waals surface area contributed by atoms with E-state index in [9.17, 15) is 13.5 Å². The van der Waals surface area contributed by atoms with Crippen LogP contribution in [-0.2, 0) is 10.0 Å². The van der Waals surface area contributed by atoms with Crippen LogP contribution in [0, 0.1) is 5.92 Å². The van der Waals surface area contributed by atoms with Gasteiger partial charge in [0.15, 0.2) is 0 Å². The van der Waals surface area contributed by atoms with Crippen molar-refractivity contribution in [3.8, 4) is 0 Å². The van der Waals surface area contributed by atoms with Gasteiger partial charge in [0.1, 0.15) is 10.0 Å². The summed E-state index contributed by atoms with van der Waals surface area (Å²) in [7, 11) is -3.60. The van der Waals surface area contributed by atoms with Gasteiger partial charge in [-0.15, -0.1) is 0 Å². The SMILES string of the molecule is CC(O)C1CCN(S(=O)(=O)c2cnc(Cl)c(Cl)c2)CC1. The molecule has 1 aromatic rings. The van der Waals surface area contributed by atoms with Crippen molar-refractivity contribution in [1.29, 1.82) is 0 Å². The Morgan fingerprint density at radius 1 is 1.40 bits per heavy atom. The van der Waals surface area contributed by atoms with Gasteiger partial charge < -0.3 is 5.11 Å². The second kappa shape index (κ2) is 6.15. The van der Waals surface area contributed by atoms with Gasteiger partial charge in [0.2, 0.25) is 10.0 Å². The largest absolute Gasteiger partial charge is 0.393 e. The van der Waals surface area contributed by atoms with E-state index in [0.29, 0.717) is 25.9 Å². The Morgan fingerprint density at radius 3 is 2.50 bits per heavy atom. The highest BCUT2D eigenvalue weighted by Gasteiger charge is 2.31. The van der Waals surface area contributed by atoms with Gasteiger partial charge in [0.25, 0.3) is 0 Å². The van der Waals surface area contributed by atoms with Crippen LogP contribution < -0.4 is 0 Å². The van der Waals surface area contributed by atoms with Gasteiger partial charge in [-0.1, -0.05) is 23.2 Å². The summed E-state index contributed by atoms with van der Waals surface area (Å²) in [4.78, 5) is 3.81. The zero-order chi connectivity index (χ0) is 14.9. The molecule has 0 saturated carbocycles. The van der Waals surface area contributed by atoms with E-state index >= 15 is 0 Å². The number of halogens is 2. The topological polar surface area (TPSA) is 70.5 Å². The van der Waals surface area contributed by atoms with E-state index in [4.69, 9.17) is 23.2 Å². The average Bonchev–Trinajstić information content (AvgIpc) is 2.41. The van der Waals surface area contributed by atoms with Crippen molar-refractivity contribution in [2.45, 2.75) is 30.8 Å². The molecule has 1 saturated heterocycles. The maximum Gasteiger partial charge on any atom is 0.244 e. The first-order valence-corrected chi connectivity index (χ1v) is 8.51. The quantitative estimate of drug-likeness (QED) is 0.857.